The van der Waals surface area contributed by atoms with E-state index in [0.717, 1.165) is 38.6 Å². The van der Waals surface area contributed by atoms with Crippen LogP contribution in [0, 0.1) is 0 Å². The Morgan fingerprint density at radius 2 is 1.74 bits per heavy atom. The maximum Gasteiger partial charge on any atom is 0.317 e. The highest BCUT2D eigenvalue weighted by atomic mass is 16.2. The number of Topliss-reactive ketones (excluding diaryl/α,β-unsaturated/α-hetero) is 1. The molecule has 1 heterocycles. The number of carbonyl (C=O) groups is 2. The Kier molecular flexibility index (Phi) is 5.23. The number of hydrogen-bond acceptors (Lipinski definition) is 2. The number of nitrogens with zero attached hydrogens (tertiary/aromatic N) is 1. The van der Waals surface area contributed by atoms with Crippen LogP contribution in [0.4, 0.5) is 4.79 Å². The topological polar surface area (TPSA) is 49.4 Å². The summed E-state index contributed by atoms with van der Waals surface area (Å²) in [6.07, 6.45) is 9.51. The molecule has 1 aliphatic heterocycles. The van der Waals surface area contributed by atoms with Crippen LogP contribution in [-0.4, -0.2) is 35.3 Å². The van der Waals surface area contributed by atoms with Crippen molar-refractivity contribution in [2.75, 3.05) is 6.54 Å². The van der Waals surface area contributed by atoms with Gasteiger partial charge in [-0.05, 0) is 32.6 Å². The molecule has 0 aromatic heterocycles. The molecule has 0 radical (unpaired) electrons. The number of rotatable bonds is 3. The summed E-state index contributed by atoms with van der Waals surface area (Å²) >= 11 is 0. The molecule has 1 unspecified atom stereocenters. The lowest BCUT2D eigenvalue weighted by molar-refractivity contribution is -0.118. The minimum atomic E-state index is 0.0556. The Morgan fingerprint density at radius 1 is 1.05 bits per heavy atom. The molecule has 0 aromatic carbocycles. The van der Waals surface area contributed by atoms with E-state index in [4.69, 9.17) is 0 Å². The molecular formula is C15H26N2O2. The monoisotopic (exact) mass is 266 g/mol. The van der Waals surface area contributed by atoms with Gasteiger partial charge in [0.2, 0.25) is 0 Å². The molecule has 19 heavy (non-hydrogen) atoms. The van der Waals surface area contributed by atoms with Crippen LogP contribution in [0.3, 0.4) is 0 Å². The molecule has 1 N–H and O–H groups in total. The predicted molar refractivity (Wildman–Crippen MR) is 75.0 cm³/mol. The van der Waals surface area contributed by atoms with Crippen LogP contribution in [-0.2, 0) is 4.79 Å². The third kappa shape index (κ3) is 4.22. The number of nitrogens with one attached hydrogen (secondary N) is 1. The fourth-order valence-corrected chi connectivity index (χ4v) is 3.32. The van der Waals surface area contributed by atoms with Crippen LogP contribution < -0.4 is 5.32 Å². The molecule has 2 rings (SSSR count). The summed E-state index contributed by atoms with van der Waals surface area (Å²) in [6, 6.07) is 0.523. The van der Waals surface area contributed by atoms with Crippen molar-refractivity contribution >= 4 is 11.8 Å². The van der Waals surface area contributed by atoms with Crippen molar-refractivity contribution < 1.29 is 9.59 Å². The van der Waals surface area contributed by atoms with E-state index in [-0.39, 0.29) is 17.9 Å². The SMILES string of the molecule is CC(=O)CC1CCCCCN1C(=O)NC1CCCC1. The molecule has 2 aliphatic rings. The number of carbonyl (C=O) groups excluding carboxylic acids is 2. The third-order valence-electron chi connectivity index (χ3n) is 4.34. The summed E-state index contributed by atoms with van der Waals surface area (Å²) in [6.45, 7) is 2.43. The maximum atomic E-state index is 12.4. The summed E-state index contributed by atoms with van der Waals surface area (Å²) in [7, 11) is 0. The van der Waals surface area contributed by atoms with Gasteiger partial charge in [-0.15, -0.1) is 0 Å². The number of ketones is 1. The Balaban J connectivity index is 1.95. The average molecular weight is 266 g/mol. The van der Waals surface area contributed by atoms with Crippen LogP contribution in [0.1, 0.15) is 64.7 Å². The number of amides is 2. The molecule has 1 saturated carbocycles. The first-order chi connectivity index (χ1) is 9.16. The lowest BCUT2D eigenvalue weighted by Gasteiger charge is -2.30. The van der Waals surface area contributed by atoms with E-state index in [0.29, 0.717) is 12.5 Å². The van der Waals surface area contributed by atoms with Gasteiger partial charge in [-0.2, -0.15) is 0 Å². The number of likely N-dealkylation sites (tertiary alicyclic amines) is 1. The Morgan fingerprint density at radius 3 is 2.42 bits per heavy atom. The van der Waals surface area contributed by atoms with Gasteiger partial charge in [-0.3, -0.25) is 4.79 Å². The van der Waals surface area contributed by atoms with E-state index in [1.807, 2.05) is 4.90 Å². The second-order valence-electron chi connectivity index (χ2n) is 6.03. The van der Waals surface area contributed by atoms with Gasteiger partial charge in [0.1, 0.15) is 5.78 Å². The first-order valence-corrected chi connectivity index (χ1v) is 7.73. The van der Waals surface area contributed by atoms with Crippen molar-refractivity contribution in [1.29, 1.82) is 0 Å². The van der Waals surface area contributed by atoms with E-state index in [2.05, 4.69) is 5.32 Å². The van der Waals surface area contributed by atoms with Crippen LogP contribution >= 0.6 is 0 Å². The standard InChI is InChI=1S/C15H26N2O2/c1-12(18)11-14-9-3-2-6-10-17(14)15(19)16-13-7-4-5-8-13/h13-14H,2-11H2,1H3,(H,16,19). The minimum absolute atomic E-state index is 0.0556. The summed E-state index contributed by atoms with van der Waals surface area (Å²) < 4.78 is 0. The molecule has 0 spiro atoms. The summed E-state index contributed by atoms with van der Waals surface area (Å²) in [5.41, 5.74) is 0. The zero-order valence-corrected chi connectivity index (χ0v) is 12.0. The van der Waals surface area contributed by atoms with Crippen molar-refractivity contribution in [1.82, 2.24) is 10.2 Å². The highest BCUT2D eigenvalue weighted by Crippen LogP contribution is 2.22. The van der Waals surface area contributed by atoms with Crippen molar-refractivity contribution in [2.24, 2.45) is 0 Å². The number of urea groups is 1. The second kappa shape index (κ2) is 6.92. The van der Waals surface area contributed by atoms with E-state index in [1.165, 1.54) is 19.3 Å². The fraction of sp³-hybridized carbons (Fsp3) is 0.867. The van der Waals surface area contributed by atoms with Gasteiger partial charge < -0.3 is 10.2 Å². The van der Waals surface area contributed by atoms with E-state index in [9.17, 15) is 9.59 Å². The predicted octanol–water partition coefficient (Wildman–Crippen LogP) is 2.86. The summed E-state index contributed by atoms with van der Waals surface area (Å²) in [4.78, 5) is 25.7. The van der Waals surface area contributed by atoms with Crippen LogP contribution in [0.5, 0.6) is 0 Å². The maximum absolute atomic E-state index is 12.4. The molecule has 0 bridgehead atoms. The molecule has 1 aliphatic carbocycles. The van der Waals surface area contributed by atoms with Gasteiger partial charge in [0.25, 0.3) is 0 Å². The molecule has 2 amide bonds. The van der Waals surface area contributed by atoms with E-state index in [1.54, 1.807) is 6.92 Å². The molecule has 1 saturated heterocycles. The minimum Gasteiger partial charge on any atom is -0.335 e. The van der Waals surface area contributed by atoms with Gasteiger partial charge in [-0.1, -0.05) is 25.7 Å². The molecular weight excluding hydrogens is 240 g/mol. The first-order valence-electron chi connectivity index (χ1n) is 7.73. The van der Waals surface area contributed by atoms with Gasteiger partial charge in [-0.25, -0.2) is 4.79 Å². The largest absolute Gasteiger partial charge is 0.335 e. The third-order valence-corrected chi connectivity index (χ3v) is 4.34. The van der Waals surface area contributed by atoms with E-state index < -0.39 is 0 Å². The Hall–Kier alpha value is -1.06. The van der Waals surface area contributed by atoms with Crippen LogP contribution in [0.15, 0.2) is 0 Å². The second-order valence-corrected chi connectivity index (χ2v) is 6.03. The lowest BCUT2D eigenvalue weighted by Crippen LogP contribution is -2.49. The van der Waals surface area contributed by atoms with Crippen LogP contribution in [0.25, 0.3) is 0 Å². The molecule has 0 aromatic rings. The number of hydrogen-bond donors (Lipinski definition) is 1. The van der Waals surface area contributed by atoms with E-state index >= 15 is 0 Å². The molecule has 4 heteroatoms. The molecule has 108 valence electrons. The zero-order chi connectivity index (χ0) is 13.7. The fourth-order valence-electron chi connectivity index (χ4n) is 3.32. The van der Waals surface area contributed by atoms with Crippen molar-refractivity contribution in [3.63, 3.8) is 0 Å². The lowest BCUT2D eigenvalue weighted by atomic mass is 10.0. The van der Waals surface area contributed by atoms with Gasteiger partial charge in [0.15, 0.2) is 0 Å². The molecule has 1 atom stereocenters. The Labute approximate surface area is 115 Å². The average Bonchev–Trinajstić information content (AvgIpc) is 2.74. The quantitative estimate of drug-likeness (QED) is 0.854. The van der Waals surface area contributed by atoms with Gasteiger partial charge in [0.05, 0.1) is 0 Å². The van der Waals surface area contributed by atoms with Crippen LogP contribution in [0.2, 0.25) is 0 Å². The first kappa shape index (κ1) is 14.4. The van der Waals surface area contributed by atoms with Gasteiger partial charge >= 0.3 is 6.03 Å². The smallest absolute Gasteiger partial charge is 0.317 e. The highest BCUT2D eigenvalue weighted by molar-refractivity contribution is 5.79. The Bertz CT molecular complexity index is 324. The summed E-state index contributed by atoms with van der Waals surface area (Å²) in [5, 5.41) is 3.16. The van der Waals surface area contributed by atoms with Gasteiger partial charge in [0, 0.05) is 25.0 Å². The summed E-state index contributed by atoms with van der Waals surface area (Å²) in [5.74, 6) is 0.186. The zero-order valence-electron chi connectivity index (χ0n) is 12.0. The normalized spacial score (nSPS) is 25.1. The molecule has 4 nitrogen and oxygen atoms in total. The highest BCUT2D eigenvalue weighted by Gasteiger charge is 2.28. The van der Waals surface area contributed by atoms with Crippen molar-refractivity contribution in [2.45, 2.75) is 76.8 Å². The van der Waals surface area contributed by atoms with Crippen molar-refractivity contribution in [3.05, 3.63) is 0 Å². The van der Waals surface area contributed by atoms with Crippen molar-refractivity contribution in [3.8, 4) is 0 Å². The molecule has 2 fully saturated rings.